The highest BCUT2D eigenvalue weighted by Gasteiger charge is 2.37. The molecule has 19 heavy (non-hydrogen) atoms. The number of thiazole rings is 1. The minimum Gasteiger partial charge on any atom is -0.481 e. The molecular weight excluding hydrogens is 270 g/mol. The molecule has 0 aliphatic carbocycles. The summed E-state index contributed by atoms with van der Waals surface area (Å²) in [5.74, 6) is -1.25. The zero-order chi connectivity index (χ0) is 14.0. The van der Waals surface area contributed by atoms with Gasteiger partial charge in [-0.1, -0.05) is 18.3 Å². The van der Waals surface area contributed by atoms with Crippen molar-refractivity contribution < 1.29 is 14.7 Å². The van der Waals surface area contributed by atoms with Crippen LogP contribution in [-0.2, 0) is 11.3 Å². The molecule has 8 heteroatoms. The molecule has 1 atom stereocenters. The Balaban J connectivity index is 1.74. The molecular formula is C11H15N3O4S. The number of likely N-dealkylation sites (tertiary alicyclic amines) is 1. The molecule has 1 unspecified atom stereocenters. The largest absolute Gasteiger partial charge is 0.481 e. The molecule has 1 fully saturated rings. The van der Waals surface area contributed by atoms with Crippen LogP contribution in [0.5, 0.6) is 0 Å². The third-order valence-electron chi connectivity index (χ3n) is 3.29. The molecule has 0 spiro atoms. The first-order chi connectivity index (χ1) is 8.97. The standard InChI is InChI=1S/C11H15N3O4S/c1-6(9(15)16)7-3-14(4-7)10(17)12-2-8-5-19-11(18)13-8/h5-7H,2-4H2,1H3,(H,12,17)(H,13,18)(H,15,16). The van der Waals surface area contributed by atoms with E-state index in [0.717, 1.165) is 11.3 Å². The van der Waals surface area contributed by atoms with Crippen LogP contribution in [0.4, 0.5) is 4.79 Å². The van der Waals surface area contributed by atoms with Crippen molar-refractivity contribution >= 4 is 23.3 Å². The summed E-state index contributed by atoms with van der Waals surface area (Å²) < 4.78 is 0. The third kappa shape index (κ3) is 3.14. The van der Waals surface area contributed by atoms with E-state index in [0.29, 0.717) is 18.8 Å². The van der Waals surface area contributed by atoms with Crippen LogP contribution in [-0.4, -0.2) is 40.1 Å². The second kappa shape index (κ2) is 5.43. The van der Waals surface area contributed by atoms with Crippen molar-refractivity contribution in [3.8, 4) is 0 Å². The number of aliphatic carboxylic acids is 1. The molecule has 7 nitrogen and oxygen atoms in total. The van der Waals surface area contributed by atoms with Gasteiger partial charge >= 0.3 is 16.9 Å². The van der Waals surface area contributed by atoms with Gasteiger partial charge in [0, 0.05) is 30.1 Å². The molecule has 1 aliphatic heterocycles. The van der Waals surface area contributed by atoms with Crippen molar-refractivity contribution in [1.82, 2.24) is 15.2 Å². The zero-order valence-corrected chi connectivity index (χ0v) is 11.2. The minimum absolute atomic E-state index is 0.0178. The lowest BCUT2D eigenvalue weighted by Gasteiger charge is -2.40. The van der Waals surface area contributed by atoms with Crippen LogP contribution in [0.25, 0.3) is 0 Å². The molecule has 0 aromatic carbocycles. The summed E-state index contributed by atoms with van der Waals surface area (Å²) in [4.78, 5) is 37.4. The summed E-state index contributed by atoms with van der Waals surface area (Å²) >= 11 is 1.05. The lowest BCUT2D eigenvalue weighted by molar-refractivity contribution is -0.144. The van der Waals surface area contributed by atoms with Gasteiger partial charge in [-0.15, -0.1) is 0 Å². The van der Waals surface area contributed by atoms with E-state index >= 15 is 0 Å². The zero-order valence-electron chi connectivity index (χ0n) is 10.4. The van der Waals surface area contributed by atoms with Gasteiger partial charge in [0.15, 0.2) is 0 Å². The number of amides is 2. The Kier molecular flexibility index (Phi) is 3.89. The van der Waals surface area contributed by atoms with E-state index in [2.05, 4.69) is 10.3 Å². The first-order valence-electron chi connectivity index (χ1n) is 5.89. The predicted molar refractivity (Wildman–Crippen MR) is 69.0 cm³/mol. The van der Waals surface area contributed by atoms with E-state index in [1.165, 1.54) is 0 Å². The number of carbonyl (C=O) groups is 2. The number of aromatic amines is 1. The Bertz CT molecular complexity index is 532. The molecule has 1 aromatic rings. The van der Waals surface area contributed by atoms with E-state index in [4.69, 9.17) is 5.11 Å². The van der Waals surface area contributed by atoms with Crippen LogP contribution in [0.3, 0.4) is 0 Å². The number of urea groups is 1. The topological polar surface area (TPSA) is 102 Å². The van der Waals surface area contributed by atoms with E-state index in [-0.39, 0.29) is 23.4 Å². The predicted octanol–water partition coefficient (Wildman–Crippen LogP) is 0.299. The Morgan fingerprint density at radius 1 is 1.63 bits per heavy atom. The molecule has 2 rings (SSSR count). The summed E-state index contributed by atoms with van der Waals surface area (Å²) in [5, 5.41) is 13.2. The highest BCUT2D eigenvalue weighted by Crippen LogP contribution is 2.23. The number of carbonyl (C=O) groups excluding carboxylic acids is 1. The molecule has 3 N–H and O–H groups in total. The summed E-state index contributed by atoms with van der Waals surface area (Å²) in [5.41, 5.74) is 0.666. The lowest BCUT2D eigenvalue weighted by Crippen LogP contribution is -2.56. The van der Waals surface area contributed by atoms with Crippen LogP contribution in [0, 0.1) is 11.8 Å². The summed E-state index contributed by atoms with van der Waals surface area (Å²) in [7, 11) is 0. The van der Waals surface area contributed by atoms with Crippen LogP contribution < -0.4 is 10.2 Å². The van der Waals surface area contributed by atoms with Gasteiger partial charge in [-0.2, -0.15) is 0 Å². The summed E-state index contributed by atoms with van der Waals surface area (Å²) in [6, 6.07) is -0.235. The van der Waals surface area contributed by atoms with Crippen molar-refractivity contribution in [3.63, 3.8) is 0 Å². The number of aromatic nitrogens is 1. The number of carboxylic acids is 1. The molecule has 1 saturated heterocycles. The molecule has 2 heterocycles. The maximum Gasteiger partial charge on any atom is 0.317 e. The molecule has 0 saturated carbocycles. The molecule has 1 aliphatic rings. The SMILES string of the molecule is CC(C(=O)O)C1CN(C(=O)NCc2csc(=O)[nH]2)C1. The fourth-order valence-electron chi connectivity index (χ4n) is 1.88. The van der Waals surface area contributed by atoms with Crippen molar-refractivity contribution in [2.75, 3.05) is 13.1 Å². The number of nitrogens with zero attached hydrogens (tertiary/aromatic N) is 1. The molecule has 0 bridgehead atoms. The van der Waals surface area contributed by atoms with Crippen LogP contribution >= 0.6 is 11.3 Å². The van der Waals surface area contributed by atoms with Crippen LogP contribution in [0.2, 0.25) is 0 Å². The number of hydrogen-bond donors (Lipinski definition) is 3. The summed E-state index contributed by atoms with van der Waals surface area (Å²) in [6.07, 6.45) is 0. The Hall–Kier alpha value is -1.83. The lowest BCUT2D eigenvalue weighted by atomic mass is 9.87. The Morgan fingerprint density at radius 3 is 2.84 bits per heavy atom. The number of rotatable bonds is 4. The van der Waals surface area contributed by atoms with Crippen LogP contribution in [0.15, 0.2) is 10.2 Å². The monoisotopic (exact) mass is 285 g/mol. The van der Waals surface area contributed by atoms with Gasteiger partial charge in [0.2, 0.25) is 0 Å². The van der Waals surface area contributed by atoms with E-state index in [1.807, 2.05) is 0 Å². The number of H-pyrrole nitrogens is 1. The second-order valence-electron chi connectivity index (χ2n) is 4.62. The molecule has 1 aromatic heterocycles. The van der Waals surface area contributed by atoms with Gasteiger partial charge in [0.05, 0.1) is 12.5 Å². The maximum atomic E-state index is 11.7. The van der Waals surface area contributed by atoms with Crippen molar-refractivity contribution in [3.05, 3.63) is 20.7 Å². The van der Waals surface area contributed by atoms with Gasteiger partial charge < -0.3 is 20.3 Å². The third-order valence-corrected chi connectivity index (χ3v) is 4.01. The highest BCUT2D eigenvalue weighted by molar-refractivity contribution is 7.07. The Labute approximate surface area is 113 Å². The van der Waals surface area contributed by atoms with Gasteiger partial charge in [0.25, 0.3) is 0 Å². The molecule has 2 amide bonds. The van der Waals surface area contributed by atoms with Crippen LogP contribution in [0.1, 0.15) is 12.6 Å². The van der Waals surface area contributed by atoms with Gasteiger partial charge in [-0.05, 0) is 0 Å². The normalized spacial score (nSPS) is 16.8. The van der Waals surface area contributed by atoms with Crippen molar-refractivity contribution in [2.45, 2.75) is 13.5 Å². The van der Waals surface area contributed by atoms with E-state index < -0.39 is 11.9 Å². The minimum atomic E-state index is -0.832. The fraction of sp³-hybridized carbons (Fsp3) is 0.545. The molecule has 0 radical (unpaired) electrons. The van der Waals surface area contributed by atoms with E-state index in [9.17, 15) is 14.4 Å². The van der Waals surface area contributed by atoms with Crippen molar-refractivity contribution in [1.29, 1.82) is 0 Å². The summed E-state index contributed by atoms with van der Waals surface area (Å²) in [6.45, 7) is 2.84. The average molecular weight is 285 g/mol. The Morgan fingerprint density at radius 2 is 2.32 bits per heavy atom. The quantitative estimate of drug-likeness (QED) is 0.740. The molecule has 104 valence electrons. The number of nitrogens with one attached hydrogen (secondary N) is 2. The van der Waals surface area contributed by atoms with E-state index in [1.54, 1.807) is 17.2 Å². The first-order valence-corrected chi connectivity index (χ1v) is 6.77. The van der Waals surface area contributed by atoms with Gasteiger partial charge in [0.1, 0.15) is 0 Å². The number of carboxylic acid groups (broad SMARTS) is 1. The highest BCUT2D eigenvalue weighted by atomic mass is 32.1. The van der Waals surface area contributed by atoms with Gasteiger partial charge in [-0.25, -0.2) is 4.79 Å². The van der Waals surface area contributed by atoms with Gasteiger partial charge in [-0.3, -0.25) is 9.59 Å². The fourth-order valence-corrected chi connectivity index (χ4v) is 2.46. The van der Waals surface area contributed by atoms with Crippen molar-refractivity contribution in [2.24, 2.45) is 11.8 Å². The smallest absolute Gasteiger partial charge is 0.317 e. The average Bonchev–Trinajstić information content (AvgIpc) is 2.70. The second-order valence-corrected chi connectivity index (χ2v) is 5.47. The maximum absolute atomic E-state index is 11.7. The first kappa shape index (κ1) is 13.6. The number of hydrogen-bond acceptors (Lipinski definition) is 4.